The number of hydrogen-bond acceptors (Lipinski definition) is 9. The Morgan fingerprint density at radius 3 is 2.49 bits per heavy atom. The Labute approximate surface area is 247 Å². The fourth-order valence-corrected chi connectivity index (χ4v) is 5.15. The lowest BCUT2D eigenvalue weighted by Crippen LogP contribution is -2.51. The number of nitrogens with zero attached hydrogens (tertiary/aromatic N) is 2. The number of rotatable bonds is 11. The molecule has 2 unspecified atom stereocenters. The molecule has 226 valence electrons. The van der Waals surface area contributed by atoms with Crippen molar-refractivity contribution >= 4 is 40.5 Å². The van der Waals surface area contributed by atoms with Crippen molar-refractivity contribution in [3.8, 4) is 5.75 Å². The van der Waals surface area contributed by atoms with E-state index in [-0.39, 0.29) is 46.6 Å². The summed E-state index contributed by atoms with van der Waals surface area (Å²) >= 11 is 0. The molecular weight excluding hydrogens is 561 g/mol. The predicted octanol–water partition coefficient (Wildman–Crippen LogP) is 4.54. The molecule has 0 bridgehead atoms. The van der Waals surface area contributed by atoms with Gasteiger partial charge in [-0.05, 0) is 61.3 Å². The summed E-state index contributed by atoms with van der Waals surface area (Å²) in [5, 5.41) is 20.3. The summed E-state index contributed by atoms with van der Waals surface area (Å²) in [6, 6.07) is 12.9. The van der Waals surface area contributed by atoms with E-state index in [0.717, 1.165) is 12.5 Å². The molecule has 0 spiro atoms. The Kier molecular flexibility index (Phi) is 9.88. The van der Waals surface area contributed by atoms with E-state index < -0.39 is 28.8 Å². The van der Waals surface area contributed by atoms with Crippen molar-refractivity contribution < 1.29 is 33.2 Å². The molecule has 4 rings (SSSR count). The molecule has 0 saturated carbocycles. The van der Waals surface area contributed by atoms with E-state index in [4.69, 9.17) is 9.47 Å². The highest BCUT2D eigenvalue weighted by atomic mass is 19.1. The van der Waals surface area contributed by atoms with Gasteiger partial charge in [0.25, 0.3) is 5.69 Å². The molecule has 13 heteroatoms. The van der Waals surface area contributed by atoms with Gasteiger partial charge in [0.2, 0.25) is 0 Å². The van der Waals surface area contributed by atoms with Crippen LogP contribution in [0.3, 0.4) is 0 Å². The Balaban J connectivity index is 1.56. The van der Waals surface area contributed by atoms with E-state index in [1.807, 2.05) is 0 Å². The Morgan fingerprint density at radius 1 is 1.09 bits per heavy atom. The fraction of sp³-hybridized carbons (Fsp3) is 0.300. The van der Waals surface area contributed by atoms with Crippen LogP contribution in [0.15, 0.2) is 60.7 Å². The summed E-state index contributed by atoms with van der Waals surface area (Å²) in [5.74, 6) is -1.21. The first kappa shape index (κ1) is 30.9. The number of ketones is 1. The minimum absolute atomic E-state index is 0.0111. The summed E-state index contributed by atoms with van der Waals surface area (Å²) in [7, 11) is 4.22. The number of anilines is 3. The van der Waals surface area contributed by atoms with E-state index in [0.29, 0.717) is 24.2 Å². The lowest BCUT2D eigenvalue weighted by Gasteiger charge is -2.33. The van der Waals surface area contributed by atoms with Crippen LogP contribution in [0.5, 0.6) is 5.75 Å². The highest BCUT2D eigenvalue weighted by Gasteiger charge is 2.36. The number of ether oxygens (including phenoxy) is 2. The normalized spacial score (nSPS) is 14.8. The number of urea groups is 1. The van der Waals surface area contributed by atoms with Gasteiger partial charge in [0.05, 0.1) is 36.1 Å². The number of nitro groups is 1. The van der Waals surface area contributed by atoms with Crippen molar-refractivity contribution in [3.63, 3.8) is 0 Å². The van der Waals surface area contributed by atoms with Crippen molar-refractivity contribution in [2.24, 2.45) is 0 Å². The fourth-order valence-electron chi connectivity index (χ4n) is 5.15. The number of nitro benzene ring substituents is 1. The highest BCUT2D eigenvalue weighted by Crippen LogP contribution is 2.33. The van der Waals surface area contributed by atoms with Gasteiger partial charge in [0, 0.05) is 25.6 Å². The molecule has 1 aliphatic rings. The molecule has 1 saturated heterocycles. The van der Waals surface area contributed by atoms with E-state index in [1.165, 1.54) is 44.6 Å². The van der Waals surface area contributed by atoms with Crippen LogP contribution in [0, 0.1) is 15.9 Å². The van der Waals surface area contributed by atoms with Crippen molar-refractivity contribution in [1.29, 1.82) is 0 Å². The molecular formula is C30H32FN5O7. The van der Waals surface area contributed by atoms with Crippen LogP contribution in [0.4, 0.5) is 31.9 Å². The monoisotopic (exact) mass is 593 g/mol. The van der Waals surface area contributed by atoms with Gasteiger partial charge in [0.1, 0.15) is 23.3 Å². The average molecular weight is 594 g/mol. The van der Waals surface area contributed by atoms with Gasteiger partial charge in [0.15, 0.2) is 5.78 Å². The molecule has 3 aromatic rings. The lowest BCUT2D eigenvalue weighted by atomic mass is 9.94. The first-order valence-corrected chi connectivity index (χ1v) is 13.5. The Hall–Kier alpha value is -5.04. The highest BCUT2D eigenvalue weighted by molar-refractivity contribution is 6.01. The van der Waals surface area contributed by atoms with Crippen LogP contribution in [0.2, 0.25) is 0 Å². The topological polar surface area (TPSA) is 152 Å². The van der Waals surface area contributed by atoms with Gasteiger partial charge < -0.3 is 30.3 Å². The third kappa shape index (κ3) is 7.25. The Bertz CT molecular complexity index is 1530. The van der Waals surface area contributed by atoms with Gasteiger partial charge in [-0.15, -0.1) is 0 Å². The van der Waals surface area contributed by atoms with Crippen molar-refractivity contribution in [2.75, 3.05) is 43.3 Å². The first-order chi connectivity index (χ1) is 20.6. The minimum atomic E-state index is -0.763. The molecule has 3 aromatic carbocycles. The number of Topliss-reactive ketones (excluding diaryl/α,β-unsaturated/α-hetero) is 1. The molecule has 1 heterocycles. The van der Waals surface area contributed by atoms with Crippen LogP contribution in [-0.4, -0.2) is 62.6 Å². The second-order valence-corrected chi connectivity index (χ2v) is 9.95. The summed E-state index contributed by atoms with van der Waals surface area (Å²) in [6.07, 6.45) is 1.51. The summed E-state index contributed by atoms with van der Waals surface area (Å²) in [4.78, 5) is 51.2. The van der Waals surface area contributed by atoms with Gasteiger partial charge >= 0.3 is 12.0 Å². The number of carbonyl (C=O) groups is 3. The number of carbonyl (C=O) groups excluding carboxylic acids is 3. The third-order valence-electron chi connectivity index (χ3n) is 7.21. The zero-order chi connectivity index (χ0) is 31.1. The zero-order valence-electron chi connectivity index (χ0n) is 23.9. The molecule has 12 nitrogen and oxygen atoms in total. The van der Waals surface area contributed by atoms with Crippen LogP contribution < -0.4 is 25.6 Å². The quantitative estimate of drug-likeness (QED) is 0.165. The van der Waals surface area contributed by atoms with Crippen LogP contribution >= 0.6 is 0 Å². The summed E-state index contributed by atoms with van der Waals surface area (Å²) in [5.41, 5.74) is 0.789. The molecule has 43 heavy (non-hydrogen) atoms. The molecule has 0 radical (unpaired) electrons. The number of hydrogen-bond donors (Lipinski definition) is 3. The molecule has 2 amide bonds. The minimum Gasteiger partial charge on any atom is -0.495 e. The van der Waals surface area contributed by atoms with Gasteiger partial charge in [-0.25, -0.2) is 14.0 Å². The predicted molar refractivity (Wildman–Crippen MR) is 158 cm³/mol. The van der Waals surface area contributed by atoms with Crippen LogP contribution in [0.1, 0.15) is 28.8 Å². The SMILES string of the molecule is COC(=O)c1ccc(N(C)C(C(=O)Cc2ccc(NC(=O)Nc3ccccc3F)c(OC)c2)C2CCCN2)c([N+](=O)[O-])c1. The van der Waals surface area contributed by atoms with Crippen molar-refractivity contribution in [3.05, 3.63) is 87.7 Å². The van der Waals surface area contributed by atoms with Gasteiger partial charge in [-0.3, -0.25) is 14.9 Å². The maximum Gasteiger partial charge on any atom is 0.338 e. The number of halogens is 1. The Morgan fingerprint density at radius 2 is 1.84 bits per heavy atom. The molecule has 1 aliphatic heterocycles. The summed E-state index contributed by atoms with van der Waals surface area (Å²) in [6.45, 7) is 0.703. The number of likely N-dealkylation sites (N-methyl/N-ethyl adjacent to an activating group) is 1. The van der Waals surface area contributed by atoms with Crippen LogP contribution in [0.25, 0.3) is 0 Å². The summed E-state index contributed by atoms with van der Waals surface area (Å²) < 4.78 is 24.0. The van der Waals surface area contributed by atoms with Gasteiger partial charge in [-0.1, -0.05) is 18.2 Å². The molecule has 0 aromatic heterocycles. The third-order valence-corrected chi connectivity index (χ3v) is 7.21. The number of nitrogens with one attached hydrogen (secondary N) is 3. The lowest BCUT2D eigenvalue weighted by molar-refractivity contribution is -0.384. The van der Waals surface area contributed by atoms with Gasteiger partial charge in [-0.2, -0.15) is 0 Å². The maximum atomic E-state index is 13.9. The molecule has 3 N–H and O–H groups in total. The van der Waals surface area contributed by atoms with E-state index >= 15 is 0 Å². The number of amides is 2. The van der Waals surface area contributed by atoms with E-state index in [2.05, 4.69) is 16.0 Å². The maximum absolute atomic E-state index is 13.9. The number of esters is 1. The van der Waals surface area contributed by atoms with E-state index in [9.17, 15) is 28.9 Å². The molecule has 2 atom stereocenters. The largest absolute Gasteiger partial charge is 0.495 e. The second kappa shape index (κ2) is 13.7. The first-order valence-electron chi connectivity index (χ1n) is 13.5. The number of methoxy groups -OCH3 is 2. The van der Waals surface area contributed by atoms with Crippen molar-refractivity contribution in [2.45, 2.75) is 31.3 Å². The standard InChI is InChI=1S/C30H32FN5O7/c1-35(24-13-11-19(29(38)43-3)17-25(24)36(40)41)28(23-9-6-14-32-23)26(37)15-18-10-12-22(27(16-18)42-2)34-30(39)33-21-8-5-4-7-20(21)31/h4-5,7-8,10-13,16-17,23,28,32H,6,9,14-15H2,1-3H3,(H2,33,34,39). The van der Waals surface area contributed by atoms with Crippen molar-refractivity contribution in [1.82, 2.24) is 5.32 Å². The number of para-hydroxylation sites is 1. The smallest absolute Gasteiger partial charge is 0.338 e. The second-order valence-electron chi connectivity index (χ2n) is 9.95. The van der Waals surface area contributed by atoms with E-state index in [1.54, 1.807) is 36.2 Å². The average Bonchev–Trinajstić information content (AvgIpc) is 3.52. The van der Waals surface area contributed by atoms with Crippen LogP contribution in [-0.2, 0) is 16.0 Å². The zero-order valence-corrected chi connectivity index (χ0v) is 23.9. The number of benzene rings is 3. The molecule has 1 fully saturated rings. The molecule has 0 aliphatic carbocycles.